The molecule has 0 N–H and O–H groups in total. The number of hydrogen-bond acceptors (Lipinski definition) is 2. The Labute approximate surface area is 92.3 Å². The van der Waals surface area contributed by atoms with E-state index in [-0.39, 0.29) is 0 Å². The minimum Gasteiger partial charge on any atom is -0.361 e. The maximum Gasteiger partial charge on any atom is 0.122 e. The highest BCUT2D eigenvalue weighted by Gasteiger charge is 2.11. The molecule has 0 fully saturated rings. The van der Waals surface area contributed by atoms with Gasteiger partial charge in [-0.25, -0.2) is 0 Å². The van der Waals surface area contributed by atoms with Crippen LogP contribution in [0.5, 0.6) is 0 Å². The summed E-state index contributed by atoms with van der Waals surface area (Å²) in [6.45, 7) is 8.36. The molecule has 0 unspecified atom stereocenters. The van der Waals surface area contributed by atoms with Crippen LogP contribution < -0.4 is 0 Å². The van der Waals surface area contributed by atoms with E-state index in [1.54, 1.807) is 12.3 Å². The monoisotopic (exact) mass is 222 g/mol. The molecule has 0 saturated heterocycles. The molecule has 0 aliphatic heterocycles. The quantitative estimate of drug-likeness (QED) is 0.567. The zero-order valence-corrected chi connectivity index (χ0v) is 10.7. The van der Waals surface area contributed by atoms with Crippen molar-refractivity contribution in [2.45, 2.75) is 32.4 Å². The van der Waals surface area contributed by atoms with Crippen molar-refractivity contribution >= 4 is 8.07 Å². The molecule has 1 rings (SSSR count). The van der Waals surface area contributed by atoms with Crippen LogP contribution in [0.3, 0.4) is 0 Å². The van der Waals surface area contributed by atoms with Gasteiger partial charge in [0.25, 0.3) is 0 Å². The van der Waals surface area contributed by atoms with Crippen LogP contribution in [0.1, 0.15) is 5.56 Å². The third-order valence-corrected chi connectivity index (χ3v) is 3.82. The molecule has 0 amide bonds. The van der Waals surface area contributed by atoms with Gasteiger partial charge in [0, 0.05) is 27.1 Å². The molecule has 4 heteroatoms. The van der Waals surface area contributed by atoms with Gasteiger partial charge >= 0.3 is 0 Å². The molecule has 0 aliphatic rings. The zero-order chi connectivity index (χ0) is 11.3. The van der Waals surface area contributed by atoms with Crippen LogP contribution in [0.2, 0.25) is 25.7 Å². The number of nitrogens with zero attached hydrogens (tertiary/aromatic N) is 2. The Bertz CT molecular complexity index is 346. The topological polar surface area (TPSA) is 38.0 Å². The Kier molecular flexibility index (Phi) is 4.12. The first-order valence-electron chi connectivity index (χ1n) is 5.15. The molecule has 82 valence electrons. The predicted molar refractivity (Wildman–Crippen MR) is 63.3 cm³/mol. The average molecular weight is 222 g/mol. The largest absolute Gasteiger partial charge is 0.361 e. The predicted octanol–water partition coefficient (Wildman–Crippen LogP) is 2.67. The Morgan fingerprint density at radius 2 is 2.20 bits per heavy atom. The summed E-state index contributed by atoms with van der Waals surface area (Å²) in [5.41, 5.74) is 0.684. The van der Waals surface area contributed by atoms with E-state index in [4.69, 9.17) is 10.00 Å². The van der Waals surface area contributed by atoms with Crippen molar-refractivity contribution in [3.8, 4) is 6.07 Å². The Morgan fingerprint density at radius 3 is 2.73 bits per heavy atom. The Balaban J connectivity index is 2.24. The second kappa shape index (κ2) is 5.15. The fourth-order valence-electron chi connectivity index (χ4n) is 1.14. The van der Waals surface area contributed by atoms with Crippen molar-refractivity contribution in [1.29, 1.82) is 5.26 Å². The van der Waals surface area contributed by atoms with Crippen molar-refractivity contribution in [2.75, 3.05) is 6.61 Å². The summed E-state index contributed by atoms with van der Waals surface area (Å²) in [5, 5.41) is 8.63. The summed E-state index contributed by atoms with van der Waals surface area (Å²) in [4.78, 5) is 0. The standard InChI is InChI=1S/C11H18N2OSi/c1-15(2,3)7-6-14-10-13-5-4-11(8-12)9-13/h4-5,9H,6-7,10H2,1-3H3. The number of nitriles is 1. The SMILES string of the molecule is C[Si](C)(C)CCOCn1ccc(C#N)c1. The molecule has 1 aromatic rings. The summed E-state index contributed by atoms with van der Waals surface area (Å²) >= 11 is 0. The van der Waals surface area contributed by atoms with Gasteiger partial charge in [-0.2, -0.15) is 5.26 Å². The first-order valence-corrected chi connectivity index (χ1v) is 8.85. The van der Waals surface area contributed by atoms with Gasteiger partial charge in [-0.05, 0) is 12.1 Å². The van der Waals surface area contributed by atoms with Gasteiger partial charge in [-0.3, -0.25) is 0 Å². The van der Waals surface area contributed by atoms with Gasteiger partial charge in [-0.15, -0.1) is 0 Å². The highest BCUT2D eigenvalue weighted by atomic mass is 28.3. The smallest absolute Gasteiger partial charge is 0.122 e. The van der Waals surface area contributed by atoms with Crippen LogP contribution in [-0.4, -0.2) is 19.2 Å². The molecule has 1 heterocycles. The third-order valence-electron chi connectivity index (χ3n) is 2.12. The van der Waals surface area contributed by atoms with Gasteiger partial charge in [0.1, 0.15) is 12.8 Å². The lowest BCUT2D eigenvalue weighted by Crippen LogP contribution is -2.21. The van der Waals surface area contributed by atoms with Crippen molar-refractivity contribution in [3.05, 3.63) is 24.0 Å². The second-order valence-corrected chi connectivity index (χ2v) is 10.5. The van der Waals surface area contributed by atoms with Crippen LogP contribution in [-0.2, 0) is 11.5 Å². The molecule has 1 aromatic heterocycles. The summed E-state index contributed by atoms with van der Waals surface area (Å²) in [6, 6.07) is 5.07. The Morgan fingerprint density at radius 1 is 1.47 bits per heavy atom. The minimum atomic E-state index is -0.984. The van der Waals surface area contributed by atoms with E-state index in [1.165, 1.54) is 6.04 Å². The van der Waals surface area contributed by atoms with E-state index in [9.17, 15) is 0 Å². The van der Waals surface area contributed by atoms with Crippen molar-refractivity contribution in [1.82, 2.24) is 4.57 Å². The molecular weight excluding hydrogens is 204 g/mol. The maximum atomic E-state index is 8.63. The van der Waals surface area contributed by atoms with E-state index in [1.807, 2.05) is 10.8 Å². The molecule has 0 aliphatic carbocycles. The lowest BCUT2D eigenvalue weighted by atomic mass is 10.4. The second-order valence-electron chi connectivity index (χ2n) is 4.87. The molecule has 3 nitrogen and oxygen atoms in total. The van der Waals surface area contributed by atoms with Gasteiger partial charge in [-0.1, -0.05) is 19.6 Å². The summed E-state index contributed by atoms with van der Waals surface area (Å²) in [5.74, 6) is 0. The molecule has 0 spiro atoms. The van der Waals surface area contributed by atoms with E-state index < -0.39 is 8.07 Å². The first kappa shape index (κ1) is 12.0. The van der Waals surface area contributed by atoms with Crippen LogP contribution in [0.15, 0.2) is 18.5 Å². The van der Waals surface area contributed by atoms with Crippen molar-refractivity contribution < 1.29 is 4.74 Å². The van der Waals surface area contributed by atoms with Gasteiger partial charge in [0.05, 0.1) is 5.56 Å². The molecule has 0 atom stereocenters. The minimum absolute atomic E-state index is 0.548. The summed E-state index contributed by atoms with van der Waals surface area (Å²) < 4.78 is 7.43. The van der Waals surface area contributed by atoms with Crippen LogP contribution in [0, 0.1) is 11.3 Å². The van der Waals surface area contributed by atoms with Crippen molar-refractivity contribution in [2.24, 2.45) is 0 Å². The molecule has 0 radical (unpaired) electrons. The van der Waals surface area contributed by atoms with E-state index in [2.05, 4.69) is 25.7 Å². The molecular formula is C11H18N2OSi. The van der Waals surface area contributed by atoms with Crippen LogP contribution in [0.4, 0.5) is 0 Å². The zero-order valence-electron chi connectivity index (χ0n) is 9.66. The third kappa shape index (κ3) is 4.82. The summed E-state index contributed by atoms with van der Waals surface area (Å²) in [7, 11) is -0.984. The Hall–Kier alpha value is -1.05. The highest BCUT2D eigenvalue weighted by Crippen LogP contribution is 2.08. The summed E-state index contributed by atoms with van der Waals surface area (Å²) in [6.07, 6.45) is 3.67. The lowest BCUT2D eigenvalue weighted by molar-refractivity contribution is 0.0874. The number of hydrogen-bond donors (Lipinski definition) is 0. The molecule has 0 bridgehead atoms. The molecule has 0 aromatic carbocycles. The highest BCUT2D eigenvalue weighted by molar-refractivity contribution is 6.76. The van der Waals surface area contributed by atoms with Crippen molar-refractivity contribution in [3.63, 3.8) is 0 Å². The van der Waals surface area contributed by atoms with Crippen LogP contribution >= 0.6 is 0 Å². The number of rotatable bonds is 5. The van der Waals surface area contributed by atoms with Gasteiger partial charge in [0.15, 0.2) is 0 Å². The van der Waals surface area contributed by atoms with Crippen LogP contribution in [0.25, 0.3) is 0 Å². The molecule has 15 heavy (non-hydrogen) atoms. The fraction of sp³-hybridized carbons (Fsp3) is 0.545. The normalized spacial score (nSPS) is 11.3. The van der Waals surface area contributed by atoms with E-state index in [0.717, 1.165) is 6.61 Å². The number of aromatic nitrogens is 1. The number of ether oxygens (including phenoxy) is 1. The lowest BCUT2D eigenvalue weighted by Gasteiger charge is -2.15. The van der Waals surface area contributed by atoms with E-state index in [0.29, 0.717) is 12.3 Å². The van der Waals surface area contributed by atoms with Gasteiger partial charge in [0.2, 0.25) is 0 Å². The fourth-order valence-corrected chi connectivity index (χ4v) is 1.89. The van der Waals surface area contributed by atoms with Gasteiger partial charge < -0.3 is 9.30 Å². The maximum absolute atomic E-state index is 8.63. The first-order chi connectivity index (χ1) is 7.01. The average Bonchev–Trinajstić information content (AvgIpc) is 2.59. The van der Waals surface area contributed by atoms with E-state index >= 15 is 0 Å². The molecule has 0 saturated carbocycles.